The number of hydrogen-bond donors (Lipinski definition) is 0. The zero-order chi connectivity index (χ0) is 19.4. The molecule has 0 spiro atoms. The van der Waals surface area contributed by atoms with Gasteiger partial charge in [0.2, 0.25) is 5.75 Å². The van der Waals surface area contributed by atoms with Gasteiger partial charge >= 0.3 is 0 Å². The maximum absolute atomic E-state index is 12.9. The van der Waals surface area contributed by atoms with Gasteiger partial charge < -0.3 is 19.1 Å². The van der Waals surface area contributed by atoms with E-state index in [2.05, 4.69) is 6.92 Å². The van der Waals surface area contributed by atoms with E-state index in [1.54, 1.807) is 31.3 Å². The number of methoxy groups -OCH3 is 2. The highest BCUT2D eigenvalue weighted by Crippen LogP contribution is 2.40. The van der Waals surface area contributed by atoms with Crippen LogP contribution in [0.2, 0.25) is 0 Å². The number of carbonyl (C=O) groups excluding carboxylic acids is 1. The van der Waals surface area contributed by atoms with Crippen LogP contribution in [0.4, 0.5) is 0 Å². The lowest BCUT2D eigenvalue weighted by atomic mass is 10.1. The lowest BCUT2D eigenvalue weighted by molar-refractivity contribution is 0.0726. The fourth-order valence-corrected chi connectivity index (χ4v) is 3.16. The van der Waals surface area contributed by atoms with Crippen LogP contribution in [-0.4, -0.2) is 38.1 Å². The number of benzene rings is 2. The summed E-state index contributed by atoms with van der Waals surface area (Å²) in [7, 11) is 4.98. The number of nitrogens with zero attached hydrogens (tertiary/aromatic N) is 1. The molecule has 1 atom stereocenters. The molecule has 1 unspecified atom stereocenters. The van der Waals surface area contributed by atoms with Crippen LogP contribution in [0.1, 0.15) is 35.7 Å². The Labute approximate surface area is 160 Å². The van der Waals surface area contributed by atoms with Crippen molar-refractivity contribution in [1.29, 1.82) is 0 Å². The Morgan fingerprint density at radius 1 is 1.11 bits per heavy atom. The van der Waals surface area contributed by atoms with E-state index in [9.17, 15) is 4.79 Å². The molecule has 27 heavy (non-hydrogen) atoms. The normalized spacial score (nSPS) is 14.4. The summed E-state index contributed by atoms with van der Waals surface area (Å²) < 4.78 is 16.9. The van der Waals surface area contributed by atoms with E-state index in [0.717, 1.165) is 5.56 Å². The van der Waals surface area contributed by atoms with Crippen LogP contribution in [0, 0.1) is 5.92 Å². The highest BCUT2D eigenvalue weighted by molar-refractivity contribution is 5.95. The molecule has 1 aliphatic carbocycles. The van der Waals surface area contributed by atoms with Crippen LogP contribution in [0.25, 0.3) is 0 Å². The van der Waals surface area contributed by atoms with Crippen molar-refractivity contribution in [3.05, 3.63) is 53.6 Å². The van der Waals surface area contributed by atoms with Gasteiger partial charge in [-0.25, -0.2) is 0 Å². The van der Waals surface area contributed by atoms with Crippen molar-refractivity contribution in [3.8, 4) is 17.2 Å². The number of carbonyl (C=O) groups is 1. The first-order chi connectivity index (χ1) is 13.0. The van der Waals surface area contributed by atoms with Gasteiger partial charge in [0.1, 0.15) is 6.61 Å². The molecule has 144 valence electrons. The lowest BCUT2D eigenvalue weighted by Gasteiger charge is -2.25. The Morgan fingerprint density at radius 2 is 1.70 bits per heavy atom. The molecule has 5 nitrogen and oxygen atoms in total. The number of amides is 1. The van der Waals surface area contributed by atoms with Gasteiger partial charge in [-0.3, -0.25) is 4.79 Å². The quantitative estimate of drug-likeness (QED) is 0.701. The summed E-state index contributed by atoms with van der Waals surface area (Å²) in [6, 6.07) is 13.5. The van der Waals surface area contributed by atoms with Crippen molar-refractivity contribution < 1.29 is 19.0 Å². The highest BCUT2D eigenvalue weighted by atomic mass is 16.5. The van der Waals surface area contributed by atoms with E-state index in [1.807, 2.05) is 37.4 Å². The minimum Gasteiger partial charge on any atom is -0.493 e. The molecule has 1 amide bonds. The molecule has 0 radical (unpaired) electrons. The molecule has 1 fully saturated rings. The van der Waals surface area contributed by atoms with Crippen LogP contribution in [-0.2, 0) is 6.61 Å². The van der Waals surface area contributed by atoms with Crippen LogP contribution >= 0.6 is 0 Å². The maximum Gasteiger partial charge on any atom is 0.254 e. The summed E-state index contributed by atoms with van der Waals surface area (Å²) in [6.45, 7) is 2.49. The molecule has 0 bridgehead atoms. The van der Waals surface area contributed by atoms with E-state index >= 15 is 0 Å². The summed E-state index contributed by atoms with van der Waals surface area (Å²) in [5.74, 6) is 2.04. The van der Waals surface area contributed by atoms with Crippen molar-refractivity contribution in [3.63, 3.8) is 0 Å². The van der Waals surface area contributed by atoms with Crippen molar-refractivity contribution >= 4 is 5.91 Å². The Morgan fingerprint density at radius 3 is 2.22 bits per heavy atom. The van der Waals surface area contributed by atoms with E-state index in [1.165, 1.54) is 12.8 Å². The highest BCUT2D eigenvalue weighted by Gasteiger charge is 2.33. The predicted octanol–water partition coefficient (Wildman–Crippen LogP) is 4.15. The van der Waals surface area contributed by atoms with Crippen molar-refractivity contribution in [2.24, 2.45) is 5.92 Å². The van der Waals surface area contributed by atoms with Gasteiger partial charge in [-0.2, -0.15) is 0 Å². The predicted molar refractivity (Wildman–Crippen MR) is 105 cm³/mol. The third-order valence-corrected chi connectivity index (χ3v) is 5.17. The van der Waals surface area contributed by atoms with Crippen LogP contribution in [0.15, 0.2) is 42.5 Å². The maximum atomic E-state index is 12.9. The molecule has 0 aliphatic heterocycles. The molecule has 1 saturated carbocycles. The van der Waals surface area contributed by atoms with Crippen molar-refractivity contribution in [2.75, 3.05) is 21.3 Å². The van der Waals surface area contributed by atoms with Gasteiger partial charge in [0.25, 0.3) is 5.91 Å². The van der Waals surface area contributed by atoms with E-state index < -0.39 is 0 Å². The Bertz CT molecular complexity index is 761. The topological polar surface area (TPSA) is 48.0 Å². The minimum absolute atomic E-state index is 0.0411. The van der Waals surface area contributed by atoms with Gasteiger partial charge in [0, 0.05) is 18.7 Å². The monoisotopic (exact) mass is 369 g/mol. The smallest absolute Gasteiger partial charge is 0.254 e. The van der Waals surface area contributed by atoms with Gasteiger partial charge in [-0.1, -0.05) is 30.3 Å². The fraction of sp³-hybridized carbons (Fsp3) is 0.409. The van der Waals surface area contributed by atoms with Gasteiger partial charge in [-0.15, -0.1) is 0 Å². The second-order valence-electron chi connectivity index (χ2n) is 6.98. The minimum atomic E-state index is -0.0411. The Kier molecular flexibility index (Phi) is 5.89. The first-order valence-electron chi connectivity index (χ1n) is 9.25. The summed E-state index contributed by atoms with van der Waals surface area (Å²) in [5, 5.41) is 0. The molecule has 1 aliphatic rings. The molecule has 0 N–H and O–H groups in total. The summed E-state index contributed by atoms with van der Waals surface area (Å²) in [6.07, 6.45) is 2.38. The zero-order valence-corrected chi connectivity index (χ0v) is 16.4. The molecule has 5 heteroatoms. The zero-order valence-electron chi connectivity index (χ0n) is 16.4. The van der Waals surface area contributed by atoms with Crippen molar-refractivity contribution in [1.82, 2.24) is 4.90 Å². The molecule has 0 saturated heterocycles. The van der Waals surface area contributed by atoms with Crippen molar-refractivity contribution in [2.45, 2.75) is 32.4 Å². The second-order valence-corrected chi connectivity index (χ2v) is 6.98. The number of hydrogen-bond acceptors (Lipinski definition) is 4. The van der Waals surface area contributed by atoms with E-state index in [0.29, 0.717) is 35.3 Å². The van der Waals surface area contributed by atoms with E-state index in [-0.39, 0.29) is 11.9 Å². The molecule has 2 aromatic carbocycles. The average molecular weight is 369 g/mol. The number of rotatable bonds is 8. The summed E-state index contributed by atoms with van der Waals surface area (Å²) >= 11 is 0. The third kappa shape index (κ3) is 4.35. The Hall–Kier alpha value is -2.69. The SMILES string of the molecule is COc1cc(C(=O)N(C)C(C)C2CC2)cc(OC)c1OCc1ccccc1. The van der Waals surface area contributed by atoms with Gasteiger partial charge in [0.05, 0.1) is 14.2 Å². The molecular formula is C22H27NO4. The standard InChI is InChI=1S/C22H27NO4/c1-15(17-10-11-17)23(2)22(24)18-12-19(25-3)21(20(13-18)26-4)27-14-16-8-6-5-7-9-16/h5-9,12-13,15,17H,10-11,14H2,1-4H3. The van der Waals surface area contributed by atoms with Crippen LogP contribution < -0.4 is 14.2 Å². The van der Waals surface area contributed by atoms with Crippen LogP contribution in [0.5, 0.6) is 17.2 Å². The van der Waals surface area contributed by atoms with Gasteiger partial charge in [0.15, 0.2) is 11.5 Å². The molecule has 2 aromatic rings. The van der Waals surface area contributed by atoms with E-state index in [4.69, 9.17) is 14.2 Å². The molecular weight excluding hydrogens is 342 g/mol. The fourth-order valence-electron chi connectivity index (χ4n) is 3.16. The second kappa shape index (κ2) is 8.33. The first-order valence-corrected chi connectivity index (χ1v) is 9.25. The largest absolute Gasteiger partial charge is 0.493 e. The summed E-state index contributed by atoms with van der Waals surface area (Å²) in [4.78, 5) is 14.7. The third-order valence-electron chi connectivity index (χ3n) is 5.17. The van der Waals surface area contributed by atoms with Crippen LogP contribution in [0.3, 0.4) is 0 Å². The molecule has 0 heterocycles. The molecule has 3 rings (SSSR count). The van der Waals surface area contributed by atoms with Gasteiger partial charge in [-0.05, 0) is 43.4 Å². The first kappa shape index (κ1) is 19.1. The summed E-state index contributed by atoms with van der Waals surface area (Å²) in [5.41, 5.74) is 1.57. The molecule has 0 aromatic heterocycles. The lowest BCUT2D eigenvalue weighted by Crippen LogP contribution is -2.36. The Balaban J connectivity index is 1.83. The number of ether oxygens (including phenoxy) is 3. The average Bonchev–Trinajstić information content (AvgIpc) is 3.56.